The Balaban J connectivity index is 2.67. The van der Waals surface area contributed by atoms with Crippen molar-refractivity contribution in [1.82, 2.24) is 4.90 Å². The lowest BCUT2D eigenvalue weighted by molar-refractivity contribution is 0.134. The second kappa shape index (κ2) is 5.57. The maximum atomic E-state index is 11.2. The number of nitrogens with zero attached hydrogens (tertiary/aromatic N) is 1. The smallest absolute Gasteiger partial charge is 0.409 e. The lowest BCUT2D eigenvalue weighted by Gasteiger charge is -2.15. The highest BCUT2D eigenvalue weighted by Gasteiger charge is 2.09. The summed E-state index contributed by atoms with van der Waals surface area (Å²) < 4.78 is 4.61. The first-order chi connectivity index (χ1) is 7.95. The number of ether oxygens (including phenoxy) is 1. The summed E-state index contributed by atoms with van der Waals surface area (Å²) >= 11 is 0. The second-order valence-electron chi connectivity index (χ2n) is 4.22. The molecular weight excluding hydrogens is 218 g/mol. The SMILES string of the molecule is COC(=O)N(C)CCc1cc(C)c(O)c(C)c1. The van der Waals surface area contributed by atoms with Crippen LogP contribution in [0.2, 0.25) is 0 Å². The van der Waals surface area contributed by atoms with Crippen LogP contribution < -0.4 is 0 Å². The van der Waals surface area contributed by atoms with Gasteiger partial charge in [-0.05, 0) is 37.0 Å². The Morgan fingerprint density at radius 2 is 1.88 bits per heavy atom. The van der Waals surface area contributed by atoms with Crippen LogP contribution >= 0.6 is 0 Å². The van der Waals surface area contributed by atoms with Crippen molar-refractivity contribution in [1.29, 1.82) is 0 Å². The van der Waals surface area contributed by atoms with Crippen molar-refractivity contribution >= 4 is 6.09 Å². The fourth-order valence-corrected chi connectivity index (χ4v) is 1.73. The number of methoxy groups -OCH3 is 1. The monoisotopic (exact) mass is 237 g/mol. The molecule has 0 aliphatic rings. The predicted octanol–water partition coefficient (Wildman–Crippen LogP) is 2.25. The number of hydrogen-bond acceptors (Lipinski definition) is 3. The number of phenols is 1. The lowest BCUT2D eigenvalue weighted by atomic mass is 10.0. The summed E-state index contributed by atoms with van der Waals surface area (Å²) in [5.74, 6) is 0.343. The van der Waals surface area contributed by atoms with Gasteiger partial charge in [-0.3, -0.25) is 0 Å². The number of carbonyl (C=O) groups excluding carboxylic acids is 1. The number of rotatable bonds is 3. The van der Waals surface area contributed by atoms with Crippen LogP contribution in [0, 0.1) is 13.8 Å². The van der Waals surface area contributed by atoms with E-state index in [2.05, 4.69) is 4.74 Å². The van der Waals surface area contributed by atoms with E-state index in [1.54, 1.807) is 7.05 Å². The predicted molar refractivity (Wildman–Crippen MR) is 66.3 cm³/mol. The minimum absolute atomic E-state index is 0.336. The third-order valence-electron chi connectivity index (χ3n) is 2.77. The largest absolute Gasteiger partial charge is 0.507 e. The Morgan fingerprint density at radius 1 is 1.35 bits per heavy atom. The van der Waals surface area contributed by atoms with Crippen LogP contribution in [0.3, 0.4) is 0 Å². The molecule has 0 fully saturated rings. The number of phenolic OH excluding ortho intramolecular Hbond substituents is 1. The van der Waals surface area contributed by atoms with Crippen LogP contribution in [0.1, 0.15) is 16.7 Å². The Labute approximate surface area is 102 Å². The fourth-order valence-electron chi connectivity index (χ4n) is 1.73. The zero-order valence-corrected chi connectivity index (χ0v) is 10.8. The highest BCUT2D eigenvalue weighted by Crippen LogP contribution is 2.23. The Kier molecular flexibility index (Phi) is 4.37. The standard InChI is InChI=1S/C13H19NO3/c1-9-7-11(8-10(2)12(9)15)5-6-14(3)13(16)17-4/h7-8,15H,5-6H2,1-4H3. The maximum absolute atomic E-state index is 11.2. The molecule has 0 unspecified atom stereocenters. The van der Waals surface area contributed by atoms with Gasteiger partial charge in [0.25, 0.3) is 0 Å². The lowest BCUT2D eigenvalue weighted by Crippen LogP contribution is -2.28. The van der Waals surface area contributed by atoms with Gasteiger partial charge in [-0.15, -0.1) is 0 Å². The number of likely N-dealkylation sites (N-methyl/N-ethyl adjacent to an activating group) is 1. The van der Waals surface area contributed by atoms with Crippen molar-refractivity contribution < 1.29 is 14.6 Å². The third kappa shape index (κ3) is 3.37. The normalized spacial score (nSPS) is 10.1. The van der Waals surface area contributed by atoms with E-state index in [1.165, 1.54) is 12.0 Å². The summed E-state index contributed by atoms with van der Waals surface area (Å²) in [5, 5.41) is 9.65. The molecule has 94 valence electrons. The number of aryl methyl sites for hydroxylation is 2. The van der Waals surface area contributed by atoms with Gasteiger partial charge in [0.1, 0.15) is 5.75 Å². The molecule has 17 heavy (non-hydrogen) atoms. The van der Waals surface area contributed by atoms with E-state index in [1.807, 2.05) is 26.0 Å². The van der Waals surface area contributed by atoms with Gasteiger partial charge in [0.15, 0.2) is 0 Å². The summed E-state index contributed by atoms with van der Waals surface area (Å²) in [5.41, 5.74) is 2.83. The van der Waals surface area contributed by atoms with Gasteiger partial charge in [0.2, 0.25) is 0 Å². The number of hydrogen-bond donors (Lipinski definition) is 1. The topological polar surface area (TPSA) is 49.8 Å². The molecule has 0 spiro atoms. The molecule has 0 atom stereocenters. The molecule has 1 N–H and O–H groups in total. The van der Waals surface area contributed by atoms with Crippen LogP contribution in [0.5, 0.6) is 5.75 Å². The first kappa shape index (κ1) is 13.4. The minimum atomic E-state index is -0.336. The van der Waals surface area contributed by atoms with Crippen molar-refractivity contribution in [2.24, 2.45) is 0 Å². The third-order valence-corrected chi connectivity index (χ3v) is 2.77. The maximum Gasteiger partial charge on any atom is 0.409 e. The van der Waals surface area contributed by atoms with E-state index in [4.69, 9.17) is 0 Å². The van der Waals surface area contributed by atoms with Crippen molar-refractivity contribution in [3.05, 3.63) is 28.8 Å². The van der Waals surface area contributed by atoms with Gasteiger partial charge in [0.05, 0.1) is 7.11 Å². The molecule has 1 rings (SSSR count). The van der Waals surface area contributed by atoms with E-state index >= 15 is 0 Å². The van der Waals surface area contributed by atoms with Gasteiger partial charge in [0, 0.05) is 13.6 Å². The number of benzene rings is 1. The Bertz CT molecular complexity index is 392. The second-order valence-corrected chi connectivity index (χ2v) is 4.22. The molecular formula is C13H19NO3. The molecule has 1 amide bonds. The number of carbonyl (C=O) groups is 1. The van der Waals surface area contributed by atoms with Gasteiger partial charge >= 0.3 is 6.09 Å². The van der Waals surface area contributed by atoms with Crippen LogP contribution in [0.4, 0.5) is 4.79 Å². The van der Waals surface area contributed by atoms with Crippen LogP contribution in [0.25, 0.3) is 0 Å². The molecule has 0 aromatic heterocycles. The van der Waals surface area contributed by atoms with Crippen molar-refractivity contribution in [2.45, 2.75) is 20.3 Å². The molecule has 4 nitrogen and oxygen atoms in total. The average molecular weight is 237 g/mol. The number of aromatic hydroxyl groups is 1. The number of amides is 1. The molecule has 1 aromatic carbocycles. The van der Waals surface area contributed by atoms with E-state index in [-0.39, 0.29) is 6.09 Å². The highest BCUT2D eigenvalue weighted by molar-refractivity contribution is 5.66. The van der Waals surface area contributed by atoms with Gasteiger partial charge < -0.3 is 14.7 Å². The van der Waals surface area contributed by atoms with E-state index < -0.39 is 0 Å². The van der Waals surface area contributed by atoms with Crippen molar-refractivity contribution in [3.63, 3.8) is 0 Å². The summed E-state index contributed by atoms with van der Waals surface area (Å²) in [6, 6.07) is 3.88. The van der Waals surface area contributed by atoms with Crippen LogP contribution in [0.15, 0.2) is 12.1 Å². The molecule has 0 aliphatic carbocycles. The Morgan fingerprint density at radius 3 is 2.35 bits per heavy atom. The molecule has 0 radical (unpaired) electrons. The molecule has 4 heteroatoms. The van der Waals surface area contributed by atoms with Gasteiger partial charge in [-0.1, -0.05) is 12.1 Å². The average Bonchev–Trinajstić information content (AvgIpc) is 2.31. The summed E-state index contributed by atoms with van der Waals surface area (Å²) in [7, 11) is 3.07. The van der Waals surface area contributed by atoms with Crippen molar-refractivity contribution in [3.8, 4) is 5.75 Å². The summed E-state index contributed by atoms with van der Waals surface area (Å²) in [6.45, 7) is 4.34. The molecule has 0 saturated heterocycles. The molecule has 0 saturated carbocycles. The Hall–Kier alpha value is -1.71. The first-order valence-corrected chi connectivity index (χ1v) is 5.54. The zero-order chi connectivity index (χ0) is 13.0. The molecule has 0 heterocycles. The van der Waals surface area contributed by atoms with E-state index in [0.29, 0.717) is 12.3 Å². The fraction of sp³-hybridized carbons (Fsp3) is 0.462. The van der Waals surface area contributed by atoms with Crippen molar-refractivity contribution in [2.75, 3.05) is 20.7 Å². The quantitative estimate of drug-likeness (QED) is 0.877. The molecule has 0 bridgehead atoms. The van der Waals surface area contributed by atoms with Gasteiger partial charge in [-0.2, -0.15) is 0 Å². The van der Waals surface area contributed by atoms with E-state index in [0.717, 1.165) is 23.1 Å². The highest BCUT2D eigenvalue weighted by atomic mass is 16.5. The zero-order valence-electron chi connectivity index (χ0n) is 10.8. The first-order valence-electron chi connectivity index (χ1n) is 5.54. The summed E-state index contributed by atoms with van der Waals surface area (Å²) in [6.07, 6.45) is 0.408. The summed E-state index contributed by atoms with van der Waals surface area (Å²) in [4.78, 5) is 12.7. The molecule has 0 aliphatic heterocycles. The van der Waals surface area contributed by atoms with Crippen LogP contribution in [-0.2, 0) is 11.2 Å². The molecule has 1 aromatic rings. The minimum Gasteiger partial charge on any atom is -0.507 e. The van der Waals surface area contributed by atoms with Gasteiger partial charge in [-0.25, -0.2) is 4.79 Å². The van der Waals surface area contributed by atoms with Crippen LogP contribution in [-0.4, -0.2) is 36.8 Å². The van der Waals surface area contributed by atoms with E-state index in [9.17, 15) is 9.90 Å².